The van der Waals surface area contributed by atoms with Gasteiger partial charge in [-0.2, -0.15) is 11.8 Å². The van der Waals surface area contributed by atoms with Crippen molar-refractivity contribution in [3.8, 4) is 0 Å². The molecule has 1 aliphatic heterocycles. The highest BCUT2D eigenvalue weighted by Gasteiger charge is 2.22. The van der Waals surface area contributed by atoms with Crippen LogP contribution in [0.5, 0.6) is 0 Å². The fourth-order valence-corrected chi connectivity index (χ4v) is 3.74. The minimum atomic E-state index is -0.636. The first-order valence-corrected chi connectivity index (χ1v) is 8.15. The van der Waals surface area contributed by atoms with Gasteiger partial charge in [-0.05, 0) is 32.2 Å². The lowest BCUT2D eigenvalue weighted by Crippen LogP contribution is -2.41. The molecule has 1 aromatic carbocycles. The first-order valence-electron chi connectivity index (χ1n) is 6.99. The zero-order valence-electron chi connectivity index (χ0n) is 12.2. The smallest absolute Gasteiger partial charge is 0.234 e. The third-order valence-corrected chi connectivity index (χ3v) is 4.87. The van der Waals surface area contributed by atoms with Gasteiger partial charge in [0, 0.05) is 23.4 Å². The first-order chi connectivity index (χ1) is 9.97. The average molecular weight is 314 g/mol. The SMILES string of the molecule is C[C@H](NC(=O)CN(C)[C@@H]1CCSC1)c1ccc(F)cc1F. The maximum Gasteiger partial charge on any atom is 0.234 e. The van der Waals surface area contributed by atoms with Crippen LogP contribution < -0.4 is 5.32 Å². The molecule has 0 saturated carbocycles. The number of hydrogen-bond donors (Lipinski definition) is 1. The molecule has 1 amide bonds. The van der Waals surface area contributed by atoms with E-state index in [1.54, 1.807) is 6.92 Å². The predicted octanol–water partition coefficient (Wildman–Crippen LogP) is 2.58. The van der Waals surface area contributed by atoms with E-state index in [-0.39, 0.29) is 5.91 Å². The van der Waals surface area contributed by atoms with Crippen molar-refractivity contribution in [3.63, 3.8) is 0 Å². The van der Waals surface area contributed by atoms with Gasteiger partial charge in [0.25, 0.3) is 0 Å². The van der Waals surface area contributed by atoms with Crippen molar-refractivity contribution in [2.45, 2.75) is 25.4 Å². The number of halogens is 2. The number of likely N-dealkylation sites (N-methyl/N-ethyl adjacent to an activating group) is 1. The van der Waals surface area contributed by atoms with Crippen LogP contribution in [-0.4, -0.2) is 41.9 Å². The van der Waals surface area contributed by atoms with Gasteiger partial charge in [0.05, 0.1) is 12.6 Å². The number of carbonyl (C=O) groups excluding carboxylic acids is 1. The van der Waals surface area contributed by atoms with Crippen molar-refractivity contribution in [3.05, 3.63) is 35.4 Å². The summed E-state index contributed by atoms with van der Waals surface area (Å²) in [5, 5.41) is 2.76. The molecule has 1 N–H and O–H groups in total. The van der Waals surface area contributed by atoms with E-state index in [0.717, 1.165) is 24.0 Å². The standard InChI is InChI=1S/C15H20F2N2OS/c1-10(13-4-3-11(16)7-14(13)17)18-15(20)8-19(2)12-5-6-21-9-12/h3-4,7,10,12H,5-6,8-9H2,1-2H3,(H,18,20)/t10-,12+/m0/s1. The van der Waals surface area contributed by atoms with Crippen LogP contribution in [0.25, 0.3) is 0 Å². The van der Waals surface area contributed by atoms with E-state index in [0.29, 0.717) is 18.2 Å². The minimum Gasteiger partial charge on any atom is -0.348 e. The number of nitrogens with one attached hydrogen (secondary N) is 1. The summed E-state index contributed by atoms with van der Waals surface area (Å²) in [4.78, 5) is 14.0. The molecule has 0 spiro atoms. The van der Waals surface area contributed by atoms with Crippen LogP contribution in [0.3, 0.4) is 0 Å². The summed E-state index contributed by atoms with van der Waals surface area (Å²) >= 11 is 1.89. The van der Waals surface area contributed by atoms with Gasteiger partial charge in [-0.1, -0.05) is 6.07 Å². The Morgan fingerprint density at radius 2 is 2.29 bits per heavy atom. The van der Waals surface area contributed by atoms with Gasteiger partial charge < -0.3 is 5.32 Å². The second-order valence-electron chi connectivity index (χ2n) is 5.39. The summed E-state index contributed by atoms with van der Waals surface area (Å²) in [6, 6.07) is 3.35. The Hall–Kier alpha value is -1.14. The normalized spacial score (nSPS) is 19.8. The van der Waals surface area contributed by atoms with Gasteiger partial charge >= 0.3 is 0 Å². The van der Waals surface area contributed by atoms with Crippen LogP contribution in [0.4, 0.5) is 8.78 Å². The number of benzene rings is 1. The van der Waals surface area contributed by atoms with Crippen molar-refractivity contribution < 1.29 is 13.6 Å². The molecule has 1 saturated heterocycles. The van der Waals surface area contributed by atoms with Crippen LogP contribution in [0.1, 0.15) is 24.9 Å². The van der Waals surface area contributed by atoms with Crippen molar-refractivity contribution in [1.82, 2.24) is 10.2 Å². The molecule has 0 radical (unpaired) electrons. The van der Waals surface area contributed by atoms with Crippen molar-refractivity contribution in [2.24, 2.45) is 0 Å². The molecular formula is C15H20F2N2OS. The Kier molecular flexibility index (Phi) is 5.58. The summed E-state index contributed by atoms with van der Waals surface area (Å²) in [7, 11) is 1.93. The fourth-order valence-electron chi connectivity index (χ4n) is 2.44. The molecule has 3 nitrogen and oxygen atoms in total. The predicted molar refractivity (Wildman–Crippen MR) is 81.3 cm³/mol. The van der Waals surface area contributed by atoms with E-state index in [4.69, 9.17) is 0 Å². The van der Waals surface area contributed by atoms with E-state index in [1.165, 1.54) is 12.1 Å². The van der Waals surface area contributed by atoms with E-state index in [2.05, 4.69) is 5.32 Å². The minimum absolute atomic E-state index is 0.148. The number of rotatable bonds is 5. The fraction of sp³-hybridized carbons (Fsp3) is 0.533. The van der Waals surface area contributed by atoms with Gasteiger partial charge in [0.2, 0.25) is 5.91 Å². The van der Waals surface area contributed by atoms with Crippen LogP contribution in [0.2, 0.25) is 0 Å². The lowest BCUT2D eigenvalue weighted by molar-refractivity contribution is -0.123. The quantitative estimate of drug-likeness (QED) is 0.906. The number of hydrogen-bond acceptors (Lipinski definition) is 3. The largest absolute Gasteiger partial charge is 0.348 e. The molecule has 1 aliphatic rings. The average Bonchev–Trinajstić information content (AvgIpc) is 2.91. The summed E-state index contributed by atoms with van der Waals surface area (Å²) in [6.45, 7) is 1.98. The van der Waals surface area contributed by atoms with Crippen LogP contribution in [-0.2, 0) is 4.79 Å². The van der Waals surface area contributed by atoms with Gasteiger partial charge in [0.1, 0.15) is 11.6 Å². The summed E-state index contributed by atoms with van der Waals surface area (Å²) in [5.41, 5.74) is 0.295. The molecular weight excluding hydrogens is 294 g/mol. The Labute approximate surface area is 128 Å². The molecule has 21 heavy (non-hydrogen) atoms. The maximum atomic E-state index is 13.7. The molecule has 0 bridgehead atoms. The van der Waals surface area contributed by atoms with Crippen LogP contribution in [0, 0.1) is 11.6 Å². The number of amides is 1. The van der Waals surface area contributed by atoms with Crippen LogP contribution in [0.15, 0.2) is 18.2 Å². The van der Waals surface area contributed by atoms with Crippen molar-refractivity contribution in [1.29, 1.82) is 0 Å². The second-order valence-corrected chi connectivity index (χ2v) is 6.54. The van der Waals surface area contributed by atoms with Crippen molar-refractivity contribution in [2.75, 3.05) is 25.1 Å². The number of thioether (sulfide) groups is 1. The molecule has 1 fully saturated rings. The van der Waals surface area contributed by atoms with Gasteiger partial charge in [0.15, 0.2) is 0 Å². The molecule has 1 heterocycles. The Morgan fingerprint density at radius 3 is 2.90 bits per heavy atom. The summed E-state index contributed by atoms with van der Waals surface area (Å²) in [6.07, 6.45) is 1.09. The third-order valence-electron chi connectivity index (χ3n) is 3.73. The van der Waals surface area contributed by atoms with Gasteiger partial charge in [-0.15, -0.1) is 0 Å². The first kappa shape index (κ1) is 16.2. The van der Waals surface area contributed by atoms with E-state index in [1.807, 2.05) is 23.7 Å². The molecule has 0 aromatic heterocycles. The zero-order valence-corrected chi connectivity index (χ0v) is 13.1. The highest BCUT2D eigenvalue weighted by molar-refractivity contribution is 7.99. The van der Waals surface area contributed by atoms with E-state index >= 15 is 0 Å². The number of nitrogens with zero attached hydrogens (tertiary/aromatic N) is 1. The Bertz CT molecular complexity index is 506. The zero-order chi connectivity index (χ0) is 15.4. The van der Waals surface area contributed by atoms with Gasteiger partial charge in [-0.25, -0.2) is 8.78 Å². The van der Waals surface area contributed by atoms with Crippen molar-refractivity contribution >= 4 is 17.7 Å². The maximum absolute atomic E-state index is 13.7. The molecule has 2 rings (SSSR count). The molecule has 0 unspecified atom stereocenters. The molecule has 1 aromatic rings. The molecule has 116 valence electrons. The molecule has 0 aliphatic carbocycles. The van der Waals surface area contributed by atoms with Gasteiger partial charge in [-0.3, -0.25) is 9.69 Å². The Balaban J connectivity index is 1.89. The lowest BCUT2D eigenvalue weighted by atomic mass is 10.1. The van der Waals surface area contributed by atoms with E-state index < -0.39 is 17.7 Å². The third kappa shape index (κ3) is 4.41. The molecule has 6 heteroatoms. The van der Waals surface area contributed by atoms with Crippen LogP contribution >= 0.6 is 11.8 Å². The highest BCUT2D eigenvalue weighted by Crippen LogP contribution is 2.21. The Morgan fingerprint density at radius 1 is 1.52 bits per heavy atom. The highest BCUT2D eigenvalue weighted by atomic mass is 32.2. The number of carbonyl (C=O) groups is 1. The molecule has 2 atom stereocenters. The topological polar surface area (TPSA) is 32.3 Å². The second kappa shape index (κ2) is 7.22. The van der Waals surface area contributed by atoms with E-state index in [9.17, 15) is 13.6 Å². The monoisotopic (exact) mass is 314 g/mol. The summed E-state index contributed by atoms with van der Waals surface area (Å²) < 4.78 is 26.5. The lowest BCUT2D eigenvalue weighted by Gasteiger charge is -2.24. The summed E-state index contributed by atoms with van der Waals surface area (Å²) in [5.74, 6) is 0.780.